The van der Waals surface area contributed by atoms with Crippen LogP contribution in [0, 0.1) is 0 Å². The molecule has 1 saturated heterocycles. The second kappa shape index (κ2) is 50.0. The molecule has 1 fully saturated rings. The van der Waals surface area contributed by atoms with Crippen molar-refractivity contribution < 1.29 is 125 Å². The van der Waals surface area contributed by atoms with Gasteiger partial charge in [-0.3, -0.25) is 24.3 Å². The topological polar surface area (TPSA) is 350 Å². The van der Waals surface area contributed by atoms with Gasteiger partial charge in [0, 0.05) is 138 Å². The summed E-state index contributed by atoms with van der Waals surface area (Å²) < 4.78 is 144. The van der Waals surface area contributed by atoms with Gasteiger partial charge in [-0.15, -0.1) is 0 Å². The number of anilines is 2. The second-order valence-corrected chi connectivity index (χ2v) is 43.0. The number of carboxylic acids is 2. The van der Waals surface area contributed by atoms with Gasteiger partial charge in [0.05, 0.1) is 65.8 Å². The number of carbonyl (C=O) groups excluding carboxylic acids is 1. The van der Waals surface area contributed by atoms with E-state index < -0.39 is 63.3 Å². The fourth-order valence-electron chi connectivity index (χ4n) is 18.2. The van der Waals surface area contributed by atoms with Crippen LogP contribution in [0.4, 0.5) is 28.4 Å². The molecule has 0 aromatic heterocycles. The van der Waals surface area contributed by atoms with E-state index in [9.17, 15) is 61.7 Å². The molecular formula is C108H132N5NaO19S4. The van der Waals surface area contributed by atoms with E-state index in [-0.39, 0.29) is 110 Å². The molecule has 5 heterocycles. The van der Waals surface area contributed by atoms with E-state index in [0.717, 1.165) is 110 Å². The maximum absolute atomic E-state index is 12.1. The molecule has 2 N–H and O–H groups in total. The molecule has 0 spiro atoms. The SMILES string of the molecule is C.C.CC(=O)N(/C=C/C=C/C=C/C1=[N+](CCCCS(=O)(=O)[O-])c2ccc3ccccc3c2C1(C)C)c1ccccc1.CC1(C)C(=CC=CC=CC=CC2=[N+](CCCCS(=O)(=O)[O-])c3ccc4ccc(OCCCCCC(=O)O)cc4c3C2(C)C)N(CCCCS(=O)(=O)[O-])c2ccc3ccccc3c21.CC1=Nc2ccc3ccc(OCCCCCC(=O)O)cc3c2C1(C)C.O=S1(=O)CCCOC1.[Na+]. The van der Waals surface area contributed by atoms with Gasteiger partial charge in [0.2, 0.25) is 17.3 Å². The maximum atomic E-state index is 12.1. The number of unbranched alkanes of at least 4 members (excludes halogenated alkanes) is 7. The predicted molar refractivity (Wildman–Crippen MR) is 547 cm³/mol. The molecule has 24 nitrogen and oxygen atoms in total. The van der Waals surface area contributed by atoms with Crippen LogP contribution in [0.3, 0.4) is 0 Å². The molecule has 5 aliphatic heterocycles. The first-order chi connectivity index (χ1) is 63.6. The van der Waals surface area contributed by atoms with Crippen LogP contribution in [-0.2, 0) is 81.0 Å². The maximum Gasteiger partial charge on any atom is 1.00 e. The van der Waals surface area contributed by atoms with E-state index in [2.05, 4.69) is 186 Å². The van der Waals surface area contributed by atoms with E-state index in [1.54, 1.807) is 11.1 Å². The summed E-state index contributed by atoms with van der Waals surface area (Å²) >= 11 is 0. The first kappa shape index (κ1) is 112. The number of hydrogen-bond donors (Lipinski definition) is 2. The number of allylic oxidation sites excluding steroid dienone is 13. The molecule has 137 heavy (non-hydrogen) atoms. The van der Waals surface area contributed by atoms with Gasteiger partial charge in [0.15, 0.2) is 21.3 Å². The number of sulfone groups is 1. The van der Waals surface area contributed by atoms with Gasteiger partial charge in [-0.2, -0.15) is 9.15 Å². The zero-order valence-corrected chi connectivity index (χ0v) is 84.4. The molecule has 0 aliphatic carbocycles. The van der Waals surface area contributed by atoms with Crippen LogP contribution in [0.25, 0.3) is 43.1 Å². The van der Waals surface area contributed by atoms with Crippen LogP contribution in [0.1, 0.15) is 203 Å². The van der Waals surface area contributed by atoms with Gasteiger partial charge >= 0.3 is 41.5 Å². The zero-order chi connectivity index (χ0) is 96.8. The largest absolute Gasteiger partial charge is 1.00 e. The van der Waals surface area contributed by atoms with Crippen LogP contribution >= 0.6 is 0 Å². The Kier molecular flexibility index (Phi) is 40.8. The summed E-state index contributed by atoms with van der Waals surface area (Å²) in [6, 6.07) is 55.2. The Morgan fingerprint density at radius 1 is 0.496 bits per heavy atom. The summed E-state index contributed by atoms with van der Waals surface area (Å²) in [7, 11) is -15.6. The molecule has 0 saturated carbocycles. The number of fused-ring (bicyclic) bond motifs is 12. The first-order valence-corrected chi connectivity index (χ1v) is 52.3. The Morgan fingerprint density at radius 2 is 0.934 bits per heavy atom. The van der Waals surface area contributed by atoms with Crippen molar-refractivity contribution in [3.63, 3.8) is 0 Å². The number of carboxylic acid groups (broad SMARTS) is 2. The zero-order valence-electron chi connectivity index (χ0n) is 79.2. The summed E-state index contributed by atoms with van der Waals surface area (Å²) in [5, 5.41) is 26.8. The third kappa shape index (κ3) is 30.1. The van der Waals surface area contributed by atoms with Crippen molar-refractivity contribution in [1.82, 2.24) is 0 Å². The molecule has 29 heteroatoms. The summed E-state index contributed by atoms with van der Waals surface area (Å²) in [6.07, 6.45) is 33.6. The van der Waals surface area contributed by atoms with Crippen molar-refractivity contribution in [2.45, 2.75) is 202 Å². The quantitative estimate of drug-likeness (QED) is 0.0119. The third-order valence-electron chi connectivity index (χ3n) is 25.0. The molecule has 728 valence electrons. The first-order valence-electron chi connectivity index (χ1n) is 45.8. The molecular weight excluding hydrogens is 1820 g/mol. The van der Waals surface area contributed by atoms with Crippen molar-refractivity contribution >= 4 is 147 Å². The summed E-state index contributed by atoms with van der Waals surface area (Å²) in [6.45, 7) is 24.6. The number of rotatable bonds is 38. The van der Waals surface area contributed by atoms with Crippen molar-refractivity contribution in [2.75, 3.05) is 78.2 Å². The summed E-state index contributed by atoms with van der Waals surface area (Å²) in [5.74, 6) is -0.932. The van der Waals surface area contributed by atoms with Crippen molar-refractivity contribution in [1.29, 1.82) is 0 Å². The van der Waals surface area contributed by atoms with Crippen LogP contribution in [0.2, 0.25) is 0 Å². The molecule has 0 atom stereocenters. The minimum absolute atomic E-state index is 0. The third-order valence-corrected chi connectivity index (χ3v) is 28.8. The smallest absolute Gasteiger partial charge is 0.748 e. The van der Waals surface area contributed by atoms with Crippen LogP contribution in [0.15, 0.2) is 254 Å². The average Bonchev–Trinajstić information content (AvgIpc) is 1.59. The van der Waals surface area contributed by atoms with Crippen molar-refractivity contribution in [3.05, 3.63) is 271 Å². The Bertz CT molecular complexity index is 6620. The number of ether oxygens (including phenoxy) is 3. The number of aliphatic imine (C=N–C) groups is 1. The second-order valence-electron chi connectivity index (χ2n) is 36.3. The Balaban J connectivity index is 0.000000260. The van der Waals surface area contributed by atoms with Crippen LogP contribution < -0.4 is 48.8 Å². The number of benzene rings is 9. The van der Waals surface area contributed by atoms with Gasteiger partial charge in [0.1, 0.15) is 30.5 Å². The molecule has 0 bridgehead atoms. The molecule has 5 aliphatic rings. The van der Waals surface area contributed by atoms with Gasteiger partial charge in [-0.25, -0.2) is 33.7 Å². The number of hydrogen-bond acceptors (Lipinski definition) is 19. The standard InChI is InChI=1S/C49H58N2O9S2.C32H34N2O4S.C21H25NO3.C4H8O3S.2CH4.Na/c1-48(2)43(50(30-14-17-33-61(54,55)56)41-28-25-36-19-12-13-20-39(36)46(41)48)21-9-6-5-7-10-22-44-49(3,4)47-40-35-38(60-32-16-8-11-23-45(52)53)27-24-37(40)26-29-42(47)51(44)31-15-18-34-62(57,58)59;1-25(35)33(27-16-7-6-8-17-27)22-12-5-4-9-19-30-32(2,3)31-28-18-11-10-15-26(28)20-21-29(31)34(30)23-13-14-24-39(36,37)38;1-14-21(2,3)20-17-13-16(25-12-6-4-5-7-19(23)24)10-8-15(17)9-11-18(20)22-14;5-8(6)3-1-2-7-4-8;;;/h5-7,9-10,12-13,19-22,24-29,35H,8,11,14-18,23,30-34H2,1-4H3,(H2-,52,53,54,55,56,57,58,59);4-12,15-22H,13-14,23-24H2,1-3H3;8-11,13H,4-7,12H2,1-3H3,(H,23,24);1-4H2;2*1H4;/q;;;;;;+1/p-1. The Hall–Kier alpha value is -10.3. The normalized spacial score (nSPS) is 16.3. The molecule has 0 radical (unpaired) electrons. The van der Waals surface area contributed by atoms with Crippen molar-refractivity contribution in [3.8, 4) is 11.5 Å². The van der Waals surface area contributed by atoms with E-state index in [1.165, 1.54) is 50.5 Å². The van der Waals surface area contributed by atoms with Crippen molar-refractivity contribution in [2.24, 2.45) is 4.99 Å². The Labute approximate surface area is 832 Å². The fraction of sp³-hybridized carbons (Fsp3) is 0.389. The minimum Gasteiger partial charge on any atom is -0.748 e. The molecule has 9 aromatic rings. The monoisotopic (exact) mass is 1950 g/mol. The minimum atomic E-state index is -4.32. The Morgan fingerprint density at radius 3 is 1.42 bits per heavy atom. The van der Waals surface area contributed by atoms with E-state index in [0.29, 0.717) is 90.2 Å². The average molecular weight is 1960 g/mol. The molecule has 0 unspecified atom stereocenters. The van der Waals surface area contributed by atoms with Gasteiger partial charge in [-0.05, 0) is 232 Å². The van der Waals surface area contributed by atoms with E-state index in [4.69, 9.17) is 29.4 Å². The van der Waals surface area contributed by atoms with Crippen LogP contribution in [-0.4, -0.2) is 170 Å². The molecule has 14 rings (SSSR count). The predicted octanol–water partition coefficient (Wildman–Crippen LogP) is 18.9. The van der Waals surface area contributed by atoms with Gasteiger partial charge in [0.25, 0.3) is 0 Å². The number of carbonyl (C=O) groups is 3. The fourth-order valence-corrected chi connectivity index (χ4v) is 20.9. The van der Waals surface area contributed by atoms with Gasteiger partial charge in [-0.1, -0.05) is 182 Å². The van der Waals surface area contributed by atoms with E-state index >= 15 is 0 Å². The molecule has 1 amide bonds. The van der Waals surface area contributed by atoms with Gasteiger partial charge < -0.3 is 43.0 Å². The number of nitrogens with zero attached hydrogens (tertiary/aromatic N) is 5. The summed E-state index contributed by atoms with van der Waals surface area (Å²) in [4.78, 5) is 42.0. The summed E-state index contributed by atoms with van der Waals surface area (Å²) in [5.41, 5.74) is 13.1. The number of para-hydroxylation sites is 1. The van der Waals surface area contributed by atoms with Crippen LogP contribution in [0.5, 0.6) is 11.5 Å². The van der Waals surface area contributed by atoms with E-state index in [1.807, 2.05) is 127 Å². The number of aliphatic carboxylic acids is 2. The number of amides is 1. The molecule has 9 aromatic carbocycles.